The Kier molecular flexibility index (Phi) is 3.90. The molecule has 0 saturated carbocycles. The molecule has 3 heterocycles. The van der Waals surface area contributed by atoms with Crippen LogP contribution in [0.5, 0.6) is 5.75 Å². The lowest BCUT2D eigenvalue weighted by atomic mass is 10.3. The summed E-state index contributed by atoms with van der Waals surface area (Å²) in [5, 5.41) is 6.51. The average molecular weight is 301 g/mol. The fourth-order valence-electron chi connectivity index (χ4n) is 1.74. The molecule has 3 aromatic rings. The van der Waals surface area contributed by atoms with Gasteiger partial charge in [-0.25, -0.2) is 14.4 Å². The Morgan fingerprint density at radius 2 is 2.18 bits per heavy atom. The molecule has 0 aliphatic carbocycles. The van der Waals surface area contributed by atoms with E-state index in [0.717, 1.165) is 0 Å². The highest BCUT2D eigenvalue weighted by Gasteiger charge is 2.14. The molecule has 22 heavy (non-hydrogen) atoms. The number of pyridine rings is 2. The third-order valence-electron chi connectivity index (χ3n) is 2.68. The van der Waals surface area contributed by atoms with E-state index in [1.54, 1.807) is 18.3 Å². The van der Waals surface area contributed by atoms with Gasteiger partial charge in [0, 0.05) is 6.20 Å². The Bertz CT molecular complexity index is 760. The van der Waals surface area contributed by atoms with Crippen LogP contribution in [0, 0.1) is 5.82 Å². The SMILES string of the molecule is CCOc1ccc(Nc2nc(-c3ncccc3F)no2)nc1. The molecule has 0 aliphatic heterocycles. The second-order valence-electron chi connectivity index (χ2n) is 4.19. The molecule has 3 aromatic heterocycles. The Morgan fingerprint density at radius 3 is 2.91 bits per heavy atom. The molecule has 8 heteroatoms. The minimum Gasteiger partial charge on any atom is -0.492 e. The van der Waals surface area contributed by atoms with Crippen LogP contribution in [0.1, 0.15) is 6.92 Å². The quantitative estimate of drug-likeness (QED) is 0.775. The molecule has 0 radical (unpaired) electrons. The van der Waals surface area contributed by atoms with E-state index in [2.05, 4.69) is 25.4 Å². The van der Waals surface area contributed by atoms with Gasteiger partial charge in [0.25, 0.3) is 0 Å². The van der Waals surface area contributed by atoms with E-state index in [9.17, 15) is 4.39 Å². The zero-order valence-electron chi connectivity index (χ0n) is 11.7. The summed E-state index contributed by atoms with van der Waals surface area (Å²) in [6.07, 6.45) is 3.03. The van der Waals surface area contributed by atoms with Crippen molar-refractivity contribution in [1.82, 2.24) is 20.1 Å². The maximum atomic E-state index is 13.6. The Balaban J connectivity index is 1.75. The van der Waals surface area contributed by atoms with E-state index in [4.69, 9.17) is 9.26 Å². The van der Waals surface area contributed by atoms with Gasteiger partial charge in [-0.3, -0.25) is 5.32 Å². The van der Waals surface area contributed by atoms with Crippen molar-refractivity contribution < 1.29 is 13.7 Å². The van der Waals surface area contributed by atoms with Crippen molar-refractivity contribution in [2.75, 3.05) is 11.9 Å². The van der Waals surface area contributed by atoms with Crippen LogP contribution in [0.15, 0.2) is 41.2 Å². The first-order chi connectivity index (χ1) is 10.8. The molecular weight excluding hydrogens is 289 g/mol. The van der Waals surface area contributed by atoms with Crippen molar-refractivity contribution in [2.45, 2.75) is 6.92 Å². The number of rotatable bonds is 5. The average Bonchev–Trinajstić information content (AvgIpc) is 2.98. The second-order valence-corrected chi connectivity index (χ2v) is 4.19. The number of aromatic nitrogens is 4. The molecule has 0 atom stereocenters. The molecular formula is C14H12FN5O2. The predicted molar refractivity (Wildman–Crippen MR) is 76.2 cm³/mol. The highest BCUT2D eigenvalue weighted by atomic mass is 19.1. The Labute approximate surface area is 125 Å². The van der Waals surface area contributed by atoms with Crippen LogP contribution in [-0.2, 0) is 0 Å². The number of nitrogens with zero attached hydrogens (tertiary/aromatic N) is 4. The standard InChI is InChI=1S/C14H12FN5O2/c1-2-21-9-5-6-11(17-8-9)18-14-19-13(20-22-14)12-10(15)4-3-7-16-12/h3-8H,2H2,1H3,(H,17,18,19,20). The van der Waals surface area contributed by atoms with Gasteiger partial charge in [-0.2, -0.15) is 4.98 Å². The maximum Gasteiger partial charge on any atom is 0.327 e. The third-order valence-corrected chi connectivity index (χ3v) is 2.68. The topological polar surface area (TPSA) is 86.0 Å². The van der Waals surface area contributed by atoms with Gasteiger partial charge in [0.1, 0.15) is 17.3 Å². The normalized spacial score (nSPS) is 10.5. The van der Waals surface area contributed by atoms with Gasteiger partial charge in [-0.15, -0.1) is 0 Å². The van der Waals surface area contributed by atoms with Gasteiger partial charge in [-0.1, -0.05) is 5.16 Å². The Hall–Kier alpha value is -3.03. The predicted octanol–water partition coefficient (Wildman–Crippen LogP) is 2.81. The van der Waals surface area contributed by atoms with E-state index in [-0.39, 0.29) is 17.5 Å². The number of anilines is 2. The monoisotopic (exact) mass is 301 g/mol. The largest absolute Gasteiger partial charge is 0.492 e. The number of nitrogens with one attached hydrogen (secondary N) is 1. The van der Waals surface area contributed by atoms with Gasteiger partial charge in [0.05, 0.1) is 12.8 Å². The zero-order chi connectivity index (χ0) is 15.4. The summed E-state index contributed by atoms with van der Waals surface area (Å²) in [6, 6.07) is 6.32. The summed E-state index contributed by atoms with van der Waals surface area (Å²) in [5.74, 6) is 0.704. The summed E-state index contributed by atoms with van der Waals surface area (Å²) in [4.78, 5) is 12.1. The second kappa shape index (κ2) is 6.17. The highest BCUT2D eigenvalue weighted by Crippen LogP contribution is 2.20. The molecule has 112 valence electrons. The van der Waals surface area contributed by atoms with Crippen LogP contribution in [0.3, 0.4) is 0 Å². The minimum atomic E-state index is -0.519. The number of ether oxygens (including phenoxy) is 1. The van der Waals surface area contributed by atoms with Crippen LogP contribution in [-0.4, -0.2) is 26.7 Å². The van der Waals surface area contributed by atoms with Crippen LogP contribution in [0.25, 0.3) is 11.5 Å². The van der Waals surface area contributed by atoms with E-state index in [1.807, 2.05) is 6.92 Å². The lowest BCUT2D eigenvalue weighted by Gasteiger charge is -2.03. The van der Waals surface area contributed by atoms with Crippen LogP contribution in [0.4, 0.5) is 16.2 Å². The van der Waals surface area contributed by atoms with E-state index in [1.165, 1.54) is 18.3 Å². The van der Waals surface area contributed by atoms with E-state index in [0.29, 0.717) is 18.2 Å². The summed E-state index contributed by atoms with van der Waals surface area (Å²) >= 11 is 0. The molecule has 1 N–H and O–H groups in total. The van der Waals surface area contributed by atoms with Gasteiger partial charge in [-0.05, 0) is 31.2 Å². The summed E-state index contributed by atoms with van der Waals surface area (Å²) in [6.45, 7) is 2.46. The molecule has 3 rings (SSSR count). The summed E-state index contributed by atoms with van der Waals surface area (Å²) in [7, 11) is 0. The molecule has 0 unspecified atom stereocenters. The van der Waals surface area contributed by atoms with Gasteiger partial charge in [0.15, 0.2) is 5.82 Å². The van der Waals surface area contributed by atoms with Crippen molar-refractivity contribution in [2.24, 2.45) is 0 Å². The van der Waals surface area contributed by atoms with Crippen molar-refractivity contribution in [3.8, 4) is 17.3 Å². The fraction of sp³-hybridized carbons (Fsp3) is 0.143. The summed E-state index contributed by atoms with van der Waals surface area (Å²) in [5.41, 5.74) is 0.0268. The van der Waals surface area contributed by atoms with Crippen molar-refractivity contribution in [1.29, 1.82) is 0 Å². The first-order valence-electron chi connectivity index (χ1n) is 6.56. The van der Waals surface area contributed by atoms with Crippen molar-refractivity contribution in [3.05, 3.63) is 42.5 Å². The number of halogens is 1. The first-order valence-corrected chi connectivity index (χ1v) is 6.56. The molecule has 0 aliphatic rings. The number of hydrogen-bond acceptors (Lipinski definition) is 7. The van der Waals surface area contributed by atoms with Crippen molar-refractivity contribution in [3.63, 3.8) is 0 Å². The van der Waals surface area contributed by atoms with Crippen LogP contribution in [0.2, 0.25) is 0 Å². The highest BCUT2D eigenvalue weighted by molar-refractivity contribution is 5.53. The van der Waals surface area contributed by atoms with Gasteiger partial charge >= 0.3 is 6.01 Å². The van der Waals surface area contributed by atoms with Gasteiger partial charge in [0.2, 0.25) is 5.82 Å². The molecule has 0 fully saturated rings. The smallest absolute Gasteiger partial charge is 0.327 e. The Morgan fingerprint density at radius 1 is 1.27 bits per heavy atom. The van der Waals surface area contributed by atoms with Crippen LogP contribution >= 0.6 is 0 Å². The molecule has 0 bridgehead atoms. The third kappa shape index (κ3) is 3.00. The van der Waals surface area contributed by atoms with Crippen molar-refractivity contribution >= 4 is 11.8 Å². The molecule has 0 aromatic carbocycles. The molecule has 0 amide bonds. The molecule has 7 nitrogen and oxygen atoms in total. The van der Waals surface area contributed by atoms with E-state index >= 15 is 0 Å². The lowest BCUT2D eigenvalue weighted by molar-refractivity contribution is 0.339. The lowest BCUT2D eigenvalue weighted by Crippen LogP contribution is -1.96. The summed E-state index contributed by atoms with van der Waals surface area (Å²) < 4.78 is 23.9. The minimum absolute atomic E-state index is 0.0268. The van der Waals surface area contributed by atoms with E-state index < -0.39 is 5.82 Å². The van der Waals surface area contributed by atoms with Gasteiger partial charge < -0.3 is 9.26 Å². The first kappa shape index (κ1) is 13.9. The molecule has 0 spiro atoms. The van der Waals surface area contributed by atoms with Crippen LogP contribution < -0.4 is 10.1 Å². The number of hydrogen-bond donors (Lipinski definition) is 1. The zero-order valence-corrected chi connectivity index (χ0v) is 11.7. The molecule has 0 saturated heterocycles. The maximum absolute atomic E-state index is 13.6. The fourth-order valence-corrected chi connectivity index (χ4v) is 1.74.